The minimum absolute atomic E-state index is 0.223. The molecule has 0 saturated heterocycles. The molecule has 3 nitrogen and oxygen atoms in total. The van der Waals surface area contributed by atoms with Crippen molar-refractivity contribution in [1.82, 2.24) is 4.98 Å². The summed E-state index contributed by atoms with van der Waals surface area (Å²) in [4.78, 5) is 16.8. The predicted octanol–water partition coefficient (Wildman–Crippen LogP) is 4.61. The van der Waals surface area contributed by atoms with Gasteiger partial charge in [0.15, 0.2) is 0 Å². The molecule has 0 atom stereocenters. The summed E-state index contributed by atoms with van der Waals surface area (Å²) in [5.41, 5.74) is 4.48. The molecule has 0 bridgehead atoms. The maximum absolute atomic E-state index is 13.0. The molecule has 3 aromatic rings. The van der Waals surface area contributed by atoms with Crippen LogP contribution >= 0.6 is 11.3 Å². The molecule has 0 spiro atoms. The lowest BCUT2D eigenvalue weighted by molar-refractivity contribution is 0.457. The highest BCUT2D eigenvalue weighted by atomic mass is 32.1. The fraction of sp³-hybridized carbons (Fsp3) is 0.158. The first-order valence-corrected chi connectivity index (χ1v) is 8.26. The fourth-order valence-corrected chi connectivity index (χ4v) is 3.77. The normalized spacial score (nSPS) is 10.8. The molecule has 0 unspecified atom stereocenters. The molecule has 0 fully saturated rings. The summed E-state index contributed by atoms with van der Waals surface area (Å²) in [6, 6.07) is 9.62. The molecule has 0 aliphatic carbocycles. The van der Waals surface area contributed by atoms with Crippen LogP contribution in [0.25, 0.3) is 21.7 Å². The van der Waals surface area contributed by atoms with E-state index in [1.807, 2.05) is 32.9 Å². The Morgan fingerprint density at radius 2 is 1.58 bits per heavy atom. The van der Waals surface area contributed by atoms with Gasteiger partial charge in [0, 0.05) is 5.56 Å². The Labute approximate surface area is 143 Å². The van der Waals surface area contributed by atoms with E-state index in [2.05, 4.69) is 4.98 Å². The van der Waals surface area contributed by atoms with Crippen LogP contribution in [0.15, 0.2) is 41.2 Å². The highest BCUT2D eigenvalue weighted by molar-refractivity contribution is 7.12. The van der Waals surface area contributed by atoms with Gasteiger partial charge in [-0.15, -0.1) is 0 Å². The molecule has 1 aromatic heterocycles. The number of nitrogens with zero attached hydrogens (tertiary/aromatic N) is 1. The van der Waals surface area contributed by atoms with Gasteiger partial charge in [0.05, 0.1) is 0 Å². The number of halogens is 1. The first kappa shape index (κ1) is 16.3. The van der Waals surface area contributed by atoms with Gasteiger partial charge in [-0.3, -0.25) is 4.79 Å². The molecule has 2 aromatic carbocycles. The third-order valence-corrected chi connectivity index (χ3v) is 4.75. The van der Waals surface area contributed by atoms with Crippen LogP contribution in [0.3, 0.4) is 0 Å². The maximum atomic E-state index is 13.0. The molecule has 0 radical (unpaired) electrons. The third kappa shape index (κ3) is 2.95. The number of hydrogen-bond acceptors (Lipinski definition) is 4. The van der Waals surface area contributed by atoms with E-state index in [0.717, 1.165) is 33.6 Å². The van der Waals surface area contributed by atoms with E-state index < -0.39 is 0 Å². The highest BCUT2D eigenvalue weighted by Crippen LogP contribution is 2.33. The van der Waals surface area contributed by atoms with Crippen LogP contribution in [0.5, 0.6) is 5.88 Å². The van der Waals surface area contributed by atoms with Crippen LogP contribution in [0, 0.1) is 26.6 Å². The van der Waals surface area contributed by atoms with Crippen LogP contribution in [-0.2, 0) is 0 Å². The zero-order valence-electron chi connectivity index (χ0n) is 13.6. The molecule has 5 heteroatoms. The third-order valence-electron chi connectivity index (χ3n) is 3.84. The topological polar surface area (TPSA) is 50.2 Å². The Morgan fingerprint density at radius 1 is 1.00 bits per heavy atom. The lowest BCUT2D eigenvalue weighted by Gasteiger charge is -2.12. The lowest BCUT2D eigenvalue weighted by Crippen LogP contribution is -2.05. The highest BCUT2D eigenvalue weighted by Gasteiger charge is 2.18. The van der Waals surface area contributed by atoms with E-state index in [-0.39, 0.29) is 22.0 Å². The Hall–Kier alpha value is -2.53. The van der Waals surface area contributed by atoms with Gasteiger partial charge in [0.1, 0.15) is 16.4 Å². The molecule has 1 N–H and O–H groups in total. The second-order valence-electron chi connectivity index (χ2n) is 5.79. The predicted molar refractivity (Wildman–Crippen MR) is 95.1 cm³/mol. The van der Waals surface area contributed by atoms with Gasteiger partial charge in [0.2, 0.25) is 10.6 Å². The number of aryl methyl sites for hydroxylation is 3. The van der Waals surface area contributed by atoms with Gasteiger partial charge in [-0.05, 0) is 61.7 Å². The summed E-state index contributed by atoms with van der Waals surface area (Å²) in [7, 11) is 0. The second-order valence-corrected chi connectivity index (χ2v) is 6.75. The van der Waals surface area contributed by atoms with E-state index >= 15 is 0 Å². The first-order valence-electron chi connectivity index (χ1n) is 7.45. The Kier molecular flexibility index (Phi) is 4.20. The summed E-state index contributed by atoms with van der Waals surface area (Å²) in [5, 5.41) is 10.7. The molecular weight excluding hydrogens is 325 g/mol. The number of benzene rings is 2. The average Bonchev–Trinajstić information content (AvgIpc) is 2.49. The Morgan fingerprint density at radius 3 is 2.12 bits per heavy atom. The zero-order valence-corrected chi connectivity index (χ0v) is 14.4. The molecule has 0 aliphatic heterocycles. The van der Waals surface area contributed by atoms with E-state index in [1.54, 1.807) is 0 Å². The Bertz CT molecular complexity index is 955. The summed E-state index contributed by atoms with van der Waals surface area (Å²) in [6.45, 7) is 5.81. The number of aromatic nitrogens is 1. The smallest absolute Gasteiger partial charge is 0.247 e. The molecular formula is C19H16FNO2S. The molecule has 0 aliphatic rings. The van der Waals surface area contributed by atoms with Crippen LogP contribution in [0.4, 0.5) is 4.39 Å². The van der Waals surface area contributed by atoms with Crippen LogP contribution in [0.1, 0.15) is 16.7 Å². The van der Waals surface area contributed by atoms with Gasteiger partial charge in [-0.2, -0.15) is 0 Å². The van der Waals surface area contributed by atoms with Crippen molar-refractivity contribution < 1.29 is 9.50 Å². The quantitative estimate of drug-likeness (QED) is 0.741. The van der Waals surface area contributed by atoms with E-state index in [0.29, 0.717) is 10.6 Å². The number of aromatic hydroxyl groups is 1. The monoisotopic (exact) mass is 341 g/mol. The second kappa shape index (κ2) is 6.17. The van der Waals surface area contributed by atoms with Crippen molar-refractivity contribution in [3.05, 3.63) is 68.4 Å². The van der Waals surface area contributed by atoms with Crippen LogP contribution in [-0.4, -0.2) is 10.1 Å². The van der Waals surface area contributed by atoms with Crippen molar-refractivity contribution >= 4 is 11.3 Å². The van der Waals surface area contributed by atoms with Crippen molar-refractivity contribution in [3.8, 4) is 27.6 Å². The van der Waals surface area contributed by atoms with Crippen molar-refractivity contribution in [2.75, 3.05) is 0 Å². The molecule has 0 saturated carbocycles. The van der Waals surface area contributed by atoms with Crippen molar-refractivity contribution in [3.63, 3.8) is 0 Å². The van der Waals surface area contributed by atoms with Gasteiger partial charge in [-0.25, -0.2) is 9.37 Å². The average molecular weight is 341 g/mol. The molecule has 0 amide bonds. The van der Waals surface area contributed by atoms with E-state index in [4.69, 9.17) is 0 Å². The van der Waals surface area contributed by atoms with Gasteiger partial charge in [-0.1, -0.05) is 29.0 Å². The molecule has 24 heavy (non-hydrogen) atoms. The zero-order chi connectivity index (χ0) is 17.4. The first-order chi connectivity index (χ1) is 11.4. The fourth-order valence-electron chi connectivity index (χ4n) is 2.91. The minimum Gasteiger partial charge on any atom is -0.493 e. The largest absolute Gasteiger partial charge is 0.493 e. The van der Waals surface area contributed by atoms with Gasteiger partial charge in [0.25, 0.3) is 0 Å². The summed E-state index contributed by atoms with van der Waals surface area (Å²) < 4.78 is 12.8. The van der Waals surface area contributed by atoms with Crippen molar-refractivity contribution in [1.29, 1.82) is 0 Å². The van der Waals surface area contributed by atoms with Crippen molar-refractivity contribution in [2.45, 2.75) is 20.8 Å². The van der Waals surface area contributed by atoms with Crippen LogP contribution < -0.4 is 4.74 Å². The van der Waals surface area contributed by atoms with E-state index in [1.165, 1.54) is 24.3 Å². The van der Waals surface area contributed by atoms with Crippen LogP contribution in [0.2, 0.25) is 0 Å². The number of rotatable bonds is 2. The maximum Gasteiger partial charge on any atom is 0.247 e. The lowest BCUT2D eigenvalue weighted by atomic mass is 9.95. The minimum atomic E-state index is -0.363. The van der Waals surface area contributed by atoms with Crippen molar-refractivity contribution in [2.24, 2.45) is 0 Å². The Balaban J connectivity index is 2.19. The van der Waals surface area contributed by atoms with Gasteiger partial charge >= 0.3 is 0 Å². The summed E-state index contributed by atoms with van der Waals surface area (Å²) in [5.74, 6) is -0.661. The van der Waals surface area contributed by atoms with Gasteiger partial charge < -0.3 is 5.11 Å². The van der Waals surface area contributed by atoms with E-state index in [9.17, 15) is 14.3 Å². The molecule has 122 valence electrons. The molecule has 3 rings (SSSR count). The SMILES string of the molecule is Cc1cc(C)c(-c2c(O)nc(-c3ccc(F)cc3)sc2=O)c(C)c1. The number of hydrogen-bond donors (Lipinski definition) is 1. The standard InChI is InChI=1S/C19H16FNO2S/c1-10-8-11(2)15(12(3)9-10)16-17(22)21-18(24-19(16)23)13-4-6-14(20)7-5-13/h4-9,22H,1-3H3. The molecule has 1 heterocycles. The summed E-state index contributed by atoms with van der Waals surface area (Å²) in [6.07, 6.45) is 0. The summed E-state index contributed by atoms with van der Waals surface area (Å²) >= 11 is 0.944.